The Bertz CT molecular complexity index is 93.1. The van der Waals surface area contributed by atoms with Gasteiger partial charge < -0.3 is 10.2 Å². The molecule has 0 aliphatic carbocycles. The van der Waals surface area contributed by atoms with Gasteiger partial charge in [-0.2, -0.15) is 0 Å². The van der Waals surface area contributed by atoms with Crippen LogP contribution < -0.4 is 5.32 Å². The minimum atomic E-state index is 0. The summed E-state index contributed by atoms with van der Waals surface area (Å²) in [4.78, 5) is 2.25. The maximum atomic E-state index is 3.51. The highest BCUT2D eigenvalue weighted by Gasteiger charge is 2.11. The zero-order valence-electron chi connectivity index (χ0n) is 7.88. The van der Waals surface area contributed by atoms with E-state index in [0.29, 0.717) is 0 Å². The maximum Gasteiger partial charge on any atom is 0.0194 e. The van der Waals surface area contributed by atoms with E-state index >= 15 is 0 Å². The van der Waals surface area contributed by atoms with E-state index in [9.17, 15) is 0 Å². The molecule has 0 spiro atoms. The number of piperidine rings is 1. The topological polar surface area (TPSA) is 15.3 Å². The number of hydrogen-bond acceptors (Lipinski definition) is 2. The summed E-state index contributed by atoms with van der Waals surface area (Å²) >= 11 is 0. The Morgan fingerprint density at radius 2 is 1.92 bits per heavy atom. The highest BCUT2D eigenvalue weighted by Crippen LogP contribution is 2.06. The monoisotopic (exact) mass is 214 g/mol. The quantitative estimate of drug-likeness (QED) is 0.751. The molecule has 0 aromatic carbocycles. The number of nitrogens with one attached hydrogen (secondary N) is 1. The van der Waals surface area contributed by atoms with Crippen molar-refractivity contribution in [1.82, 2.24) is 10.2 Å². The Labute approximate surface area is 87.9 Å². The second-order valence-corrected chi connectivity index (χ2v) is 3.41. The predicted molar refractivity (Wildman–Crippen MR) is 58.7 cm³/mol. The Morgan fingerprint density at radius 1 is 1.25 bits per heavy atom. The summed E-state index contributed by atoms with van der Waals surface area (Å²) in [6.07, 6.45) is 4.13. The molecule has 12 heavy (non-hydrogen) atoms. The van der Waals surface area contributed by atoms with E-state index in [0.717, 1.165) is 6.04 Å². The third-order valence-corrected chi connectivity index (χ3v) is 2.00. The molecule has 1 saturated heterocycles. The first-order chi connectivity index (χ1) is 4.79. The van der Waals surface area contributed by atoms with Gasteiger partial charge in [0.1, 0.15) is 0 Å². The first-order valence-corrected chi connectivity index (χ1v) is 4.17. The highest BCUT2D eigenvalue weighted by atomic mass is 35.5. The number of rotatable bonds is 2. The zero-order valence-corrected chi connectivity index (χ0v) is 9.51. The van der Waals surface area contributed by atoms with E-state index in [2.05, 4.69) is 24.3 Å². The molecule has 1 atom stereocenters. The molecule has 1 fully saturated rings. The number of likely N-dealkylation sites (N-methyl/N-ethyl adjacent to an activating group) is 1. The van der Waals surface area contributed by atoms with Crippen molar-refractivity contribution in [1.29, 1.82) is 0 Å². The van der Waals surface area contributed by atoms with Gasteiger partial charge in [0.15, 0.2) is 0 Å². The third kappa shape index (κ3) is 6.06. The van der Waals surface area contributed by atoms with E-state index in [1.54, 1.807) is 0 Å². The molecule has 1 heterocycles. The van der Waals surface area contributed by atoms with Gasteiger partial charge in [0.05, 0.1) is 0 Å². The molecule has 2 nitrogen and oxygen atoms in total. The lowest BCUT2D eigenvalue weighted by Crippen LogP contribution is -2.41. The van der Waals surface area contributed by atoms with Crippen molar-refractivity contribution in [3.63, 3.8) is 0 Å². The van der Waals surface area contributed by atoms with Crippen LogP contribution in [0.2, 0.25) is 0 Å². The van der Waals surface area contributed by atoms with Crippen molar-refractivity contribution in [3.8, 4) is 0 Å². The molecule has 76 valence electrons. The molecule has 0 bridgehead atoms. The van der Waals surface area contributed by atoms with Crippen molar-refractivity contribution in [2.75, 3.05) is 27.2 Å². The van der Waals surface area contributed by atoms with Crippen LogP contribution in [0.25, 0.3) is 0 Å². The van der Waals surface area contributed by atoms with E-state index in [-0.39, 0.29) is 24.8 Å². The first-order valence-electron chi connectivity index (χ1n) is 4.17. The maximum absolute atomic E-state index is 3.51. The first kappa shape index (κ1) is 15.0. The summed E-state index contributed by atoms with van der Waals surface area (Å²) in [6, 6.07) is 0.753. The summed E-state index contributed by atoms with van der Waals surface area (Å²) in [6.45, 7) is 2.42. The normalized spacial score (nSPS) is 22.8. The molecule has 0 unspecified atom stereocenters. The van der Waals surface area contributed by atoms with E-state index < -0.39 is 0 Å². The van der Waals surface area contributed by atoms with Crippen LogP contribution in [0.15, 0.2) is 0 Å². The van der Waals surface area contributed by atoms with Crippen LogP contribution in [-0.2, 0) is 0 Å². The van der Waals surface area contributed by atoms with Gasteiger partial charge in [-0.15, -0.1) is 24.8 Å². The smallest absolute Gasteiger partial charge is 0.0194 e. The molecular weight excluding hydrogens is 195 g/mol. The zero-order chi connectivity index (χ0) is 7.40. The van der Waals surface area contributed by atoms with Gasteiger partial charge >= 0.3 is 0 Å². The fourth-order valence-corrected chi connectivity index (χ4v) is 1.52. The lowest BCUT2D eigenvalue weighted by molar-refractivity contribution is 0.298. The molecule has 1 aliphatic rings. The molecule has 4 heteroatoms. The molecule has 0 radical (unpaired) electrons. The van der Waals surface area contributed by atoms with Gasteiger partial charge in [-0.3, -0.25) is 0 Å². The summed E-state index contributed by atoms with van der Waals surface area (Å²) in [5.41, 5.74) is 0. The Kier molecular flexibility index (Phi) is 10.1. The van der Waals surface area contributed by atoms with Gasteiger partial charge in [-0.1, -0.05) is 6.42 Å². The summed E-state index contributed by atoms with van der Waals surface area (Å²) in [5, 5.41) is 3.51. The van der Waals surface area contributed by atoms with Crippen LogP contribution >= 0.6 is 24.8 Å². The fourth-order valence-electron chi connectivity index (χ4n) is 1.52. The largest absolute Gasteiger partial charge is 0.313 e. The number of hydrogen-bond donors (Lipinski definition) is 1. The molecule has 0 amide bonds. The SMILES string of the molecule is CN(C)C[C@H]1CCCCN1.Cl.Cl. The van der Waals surface area contributed by atoms with Crippen LogP contribution in [0.4, 0.5) is 0 Å². The summed E-state index contributed by atoms with van der Waals surface area (Å²) < 4.78 is 0. The van der Waals surface area contributed by atoms with Crippen LogP contribution in [-0.4, -0.2) is 38.1 Å². The number of nitrogens with zero attached hydrogens (tertiary/aromatic N) is 1. The predicted octanol–water partition coefficient (Wildman–Crippen LogP) is 1.53. The van der Waals surface area contributed by atoms with Crippen LogP contribution in [0, 0.1) is 0 Å². The van der Waals surface area contributed by atoms with E-state index in [1.165, 1.54) is 32.4 Å². The van der Waals surface area contributed by atoms with Crippen LogP contribution in [0.5, 0.6) is 0 Å². The third-order valence-electron chi connectivity index (χ3n) is 2.00. The Morgan fingerprint density at radius 3 is 2.33 bits per heavy atom. The van der Waals surface area contributed by atoms with Crippen LogP contribution in [0.1, 0.15) is 19.3 Å². The molecule has 0 aromatic rings. The molecule has 0 saturated carbocycles. The van der Waals surface area contributed by atoms with Crippen molar-refractivity contribution < 1.29 is 0 Å². The summed E-state index contributed by atoms with van der Waals surface area (Å²) in [7, 11) is 4.27. The molecular formula is C8H20Cl2N2. The minimum Gasteiger partial charge on any atom is -0.313 e. The fraction of sp³-hybridized carbons (Fsp3) is 1.00. The van der Waals surface area contributed by atoms with Crippen molar-refractivity contribution in [2.45, 2.75) is 25.3 Å². The van der Waals surface area contributed by atoms with Gasteiger partial charge in [0.25, 0.3) is 0 Å². The minimum absolute atomic E-state index is 0. The van der Waals surface area contributed by atoms with E-state index in [4.69, 9.17) is 0 Å². The van der Waals surface area contributed by atoms with Crippen molar-refractivity contribution in [2.24, 2.45) is 0 Å². The van der Waals surface area contributed by atoms with Crippen molar-refractivity contribution >= 4 is 24.8 Å². The van der Waals surface area contributed by atoms with Gasteiger partial charge in [-0.05, 0) is 33.5 Å². The van der Waals surface area contributed by atoms with Crippen molar-refractivity contribution in [3.05, 3.63) is 0 Å². The van der Waals surface area contributed by atoms with Gasteiger partial charge in [-0.25, -0.2) is 0 Å². The average molecular weight is 215 g/mol. The van der Waals surface area contributed by atoms with Gasteiger partial charge in [0.2, 0.25) is 0 Å². The van der Waals surface area contributed by atoms with Gasteiger partial charge in [0, 0.05) is 12.6 Å². The molecule has 1 aliphatic heterocycles. The second kappa shape index (κ2) is 8.11. The molecule has 1 N–H and O–H groups in total. The molecule has 1 rings (SSSR count). The second-order valence-electron chi connectivity index (χ2n) is 3.41. The Hall–Kier alpha value is 0.500. The Balaban J connectivity index is 0. The average Bonchev–Trinajstić information content (AvgIpc) is 1.88. The highest BCUT2D eigenvalue weighted by molar-refractivity contribution is 5.85. The standard InChI is InChI=1S/C8H18N2.2ClH/c1-10(2)7-8-5-3-4-6-9-8;;/h8-9H,3-7H2,1-2H3;2*1H/t8-;;/m1../s1. The number of halogens is 2. The summed E-state index contributed by atoms with van der Waals surface area (Å²) in [5.74, 6) is 0. The van der Waals surface area contributed by atoms with E-state index in [1.807, 2.05) is 0 Å². The lowest BCUT2D eigenvalue weighted by atomic mass is 10.1. The van der Waals surface area contributed by atoms with Crippen LogP contribution in [0.3, 0.4) is 0 Å². The lowest BCUT2D eigenvalue weighted by Gasteiger charge is -2.25. The molecule has 0 aromatic heterocycles.